The largest absolute Gasteiger partial charge is 0.299 e. The number of nitrogens with zero attached hydrogens (tertiary/aromatic N) is 3. The average Bonchev–Trinajstić information content (AvgIpc) is 3.09. The van der Waals surface area contributed by atoms with E-state index in [2.05, 4.69) is 10.2 Å². The molecule has 0 bridgehead atoms. The lowest BCUT2D eigenvalue weighted by Gasteiger charge is -1.98. The Morgan fingerprint density at radius 1 is 1.11 bits per heavy atom. The maximum absolute atomic E-state index is 5.86. The first kappa shape index (κ1) is 12.7. The van der Waals surface area contributed by atoms with Gasteiger partial charge in [0.2, 0.25) is 5.13 Å². The second-order valence-corrected chi connectivity index (χ2v) is 6.47. The zero-order chi connectivity index (χ0) is 13.1. The van der Waals surface area contributed by atoms with Crippen LogP contribution in [0.3, 0.4) is 0 Å². The van der Waals surface area contributed by atoms with Gasteiger partial charge in [-0.2, -0.15) is 0 Å². The van der Waals surface area contributed by atoms with Crippen molar-refractivity contribution in [2.24, 2.45) is 0 Å². The maximum Gasteiger partial charge on any atom is 0.217 e. The molecule has 96 valence electrons. The highest BCUT2D eigenvalue weighted by Crippen LogP contribution is 2.27. The molecule has 0 saturated carbocycles. The highest BCUT2D eigenvalue weighted by Gasteiger charge is 2.06. The molecule has 0 atom stereocenters. The third-order valence-electron chi connectivity index (χ3n) is 2.50. The van der Waals surface area contributed by atoms with Crippen LogP contribution < -0.4 is 0 Å². The maximum atomic E-state index is 5.86. The second kappa shape index (κ2) is 5.77. The fourth-order valence-electron chi connectivity index (χ4n) is 1.55. The molecular weight excluding hydrogens is 298 g/mol. The number of benzene rings is 1. The Kier molecular flexibility index (Phi) is 3.87. The van der Waals surface area contributed by atoms with Gasteiger partial charge in [-0.25, -0.2) is 0 Å². The van der Waals surface area contributed by atoms with Crippen molar-refractivity contribution in [3.8, 4) is 5.13 Å². The summed E-state index contributed by atoms with van der Waals surface area (Å²) in [4.78, 5) is 0. The van der Waals surface area contributed by atoms with E-state index >= 15 is 0 Å². The summed E-state index contributed by atoms with van der Waals surface area (Å²) >= 11 is 9.14. The topological polar surface area (TPSA) is 30.7 Å². The molecule has 3 nitrogen and oxygen atoms in total. The minimum Gasteiger partial charge on any atom is -0.299 e. The molecule has 0 N–H and O–H groups in total. The zero-order valence-corrected chi connectivity index (χ0v) is 12.3. The molecule has 0 radical (unpaired) electrons. The van der Waals surface area contributed by atoms with E-state index in [1.165, 1.54) is 5.56 Å². The summed E-state index contributed by atoms with van der Waals surface area (Å²) in [5, 5.41) is 10.0. The lowest BCUT2D eigenvalue weighted by Crippen LogP contribution is -1.86. The van der Waals surface area contributed by atoms with Crippen LogP contribution in [-0.2, 0) is 5.75 Å². The van der Waals surface area contributed by atoms with Crippen molar-refractivity contribution >= 4 is 34.7 Å². The summed E-state index contributed by atoms with van der Waals surface area (Å²) in [7, 11) is 0. The van der Waals surface area contributed by atoms with E-state index in [-0.39, 0.29) is 0 Å². The van der Waals surface area contributed by atoms with Gasteiger partial charge in [-0.05, 0) is 29.8 Å². The third-order valence-corrected chi connectivity index (χ3v) is 4.89. The van der Waals surface area contributed by atoms with Crippen molar-refractivity contribution in [2.45, 2.75) is 10.1 Å². The summed E-state index contributed by atoms with van der Waals surface area (Å²) in [6.07, 6.45) is 3.93. The Bertz CT molecular complexity index is 647. The van der Waals surface area contributed by atoms with Crippen molar-refractivity contribution in [3.05, 3.63) is 59.4 Å². The number of halogens is 1. The molecular formula is C13H10ClN3S2. The van der Waals surface area contributed by atoms with E-state index in [0.717, 1.165) is 20.2 Å². The standard InChI is InChI=1S/C13H10ClN3S2/c14-11-5-3-10(4-6-11)9-18-13-16-15-12(19-13)17-7-1-2-8-17/h1-8H,9H2. The van der Waals surface area contributed by atoms with E-state index in [9.17, 15) is 0 Å². The van der Waals surface area contributed by atoms with Crippen molar-refractivity contribution in [1.29, 1.82) is 0 Å². The van der Waals surface area contributed by atoms with Crippen molar-refractivity contribution < 1.29 is 0 Å². The molecule has 3 aromatic rings. The van der Waals surface area contributed by atoms with Crippen molar-refractivity contribution in [1.82, 2.24) is 14.8 Å². The highest BCUT2D eigenvalue weighted by molar-refractivity contribution is 8.00. The minimum absolute atomic E-state index is 0.763. The van der Waals surface area contributed by atoms with Crippen LogP contribution in [0.25, 0.3) is 5.13 Å². The smallest absolute Gasteiger partial charge is 0.217 e. The molecule has 1 aromatic carbocycles. The molecule has 6 heteroatoms. The molecule has 0 unspecified atom stereocenters. The number of rotatable bonds is 4. The Morgan fingerprint density at radius 2 is 1.84 bits per heavy atom. The quantitative estimate of drug-likeness (QED) is 0.674. The van der Waals surface area contributed by atoms with Gasteiger partial charge < -0.3 is 0 Å². The van der Waals surface area contributed by atoms with E-state index in [4.69, 9.17) is 11.6 Å². The van der Waals surface area contributed by atoms with Crippen molar-refractivity contribution in [3.63, 3.8) is 0 Å². The SMILES string of the molecule is Clc1ccc(CSc2nnc(-n3cccc3)s2)cc1. The zero-order valence-electron chi connectivity index (χ0n) is 9.86. The molecule has 0 aliphatic heterocycles. The summed E-state index contributed by atoms with van der Waals surface area (Å²) in [5.41, 5.74) is 1.23. The van der Waals surface area contributed by atoms with Crippen LogP contribution in [0.2, 0.25) is 5.02 Å². The Balaban J connectivity index is 1.66. The predicted molar refractivity (Wildman–Crippen MR) is 80.2 cm³/mol. The fraction of sp³-hybridized carbons (Fsp3) is 0.0769. The number of hydrogen-bond acceptors (Lipinski definition) is 4. The molecule has 0 saturated heterocycles. The van der Waals surface area contributed by atoms with Crippen LogP contribution in [0.15, 0.2) is 53.1 Å². The highest BCUT2D eigenvalue weighted by atomic mass is 35.5. The summed E-state index contributed by atoms with van der Waals surface area (Å²) in [5.74, 6) is 0.873. The Labute approximate surface area is 124 Å². The van der Waals surface area contributed by atoms with Gasteiger partial charge in [0.15, 0.2) is 4.34 Å². The monoisotopic (exact) mass is 307 g/mol. The second-order valence-electron chi connectivity index (χ2n) is 3.86. The Hall–Kier alpha value is -1.30. The fourth-order valence-corrected chi connectivity index (χ4v) is 3.44. The summed E-state index contributed by atoms with van der Waals surface area (Å²) in [6.45, 7) is 0. The van der Waals surface area contributed by atoms with E-state index in [1.807, 2.05) is 53.4 Å². The van der Waals surface area contributed by atoms with Crippen LogP contribution in [0.1, 0.15) is 5.56 Å². The minimum atomic E-state index is 0.763. The molecule has 19 heavy (non-hydrogen) atoms. The van der Waals surface area contributed by atoms with Gasteiger partial charge in [-0.3, -0.25) is 4.57 Å². The third kappa shape index (κ3) is 3.18. The molecule has 0 spiro atoms. The van der Waals surface area contributed by atoms with Gasteiger partial charge in [-0.1, -0.05) is 46.8 Å². The van der Waals surface area contributed by atoms with Crippen LogP contribution in [0.5, 0.6) is 0 Å². The van der Waals surface area contributed by atoms with Crippen LogP contribution in [-0.4, -0.2) is 14.8 Å². The lowest BCUT2D eigenvalue weighted by molar-refractivity contribution is 0.941. The predicted octanol–water partition coefficient (Wildman–Crippen LogP) is 4.27. The van der Waals surface area contributed by atoms with Gasteiger partial charge in [0, 0.05) is 23.2 Å². The van der Waals surface area contributed by atoms with E-state index in [0.29, 0.717) is 0 Å². The van der Waals surface area contributed by atoms with E-state index in [1.54, 1.807) is 23.1 Å². The van der Waals surface area contributed by atoms with Gasteiger partial charge >= 0.3 is 0 Å². The molecule has 2 aromatic heterocycles. The van der Waals surface area contributed by atoms with E-state index < -0.39 is 0 Å². The number of thioether (sulfide) groups is 1. The number of hydrogen-bond donors (Lipinski definition) is 0. The van der Waals surface area contributed by atoms with Crippen LogP contribution in [0.4, 0.5) is 0 Å². The summed E-state index contributed by atoms with van der Waals surface area (Å²) in [6, 6.07) is 11.8. The van der Waals surface area contributed by atoms with Crippen LogP contribution in [0, 0.1) is 0 Å². The van der Waals surface area contributed by atoms with Gasteiger partial charge in [-0.15, -0.1) is 10.2 Å². The molecule has 0 amide bonds. The van der Waals surface area contributed by atoms with Gasteiger partial charge in [0.1, 0.15) is 0 Å². The number of aromatic nitrogens is 3. The molecule has 2 heterocycles. The first-order valence-corrected chi connectivity index (χ1v) is 7.83. The molecule has 0 aliphatic carbocycles. The van der Waals surface area contributed by atoms with Gasteiger partial charge in [0.25, 0.3) is 0 Å². The summed E-state index contributed by atoms with van der Waals surface area (Å²) < 4.78 is 2.93. The first-order chi connectivity index (χ1) is 9.31. The average molecular weight is 308 g/mol. The van der Waals surface area contributed by atoms with Crippen LogP contribution >= 0.6 is 34.7 Å². The normalized spacial score (nSPS) is 10.8. The Morgan fingerprint density at radius 3 is 2.58 bits per heavy atom. The lowest BCUT2D eigenvalue weighted by atomic mass is 10.2. The molecule has 0 fully saturated rings. The molecule has 0 aliphatic rings. The molecule has 3 rings (SSSR count). The van der Waals surface area contributed by atoms with Crippen molar-refractivity contribution in [2.75, 3.05) is 0 Å². The first-order valence-electron chi connectivity index (χ1n) is 5.65. The van der Waals surface area contributed by atoms with Gasteiger partial charge in [0.05, 0.1) is 0 Å².